The number of benzene rings is 2. The Morgan fingerprint density at radius 1 is 1.19 bits per heavy atom. The zero-order chi connectivity index (χ0) is 19.6. The van der Waals surface area contributed by atoms with Crippen molar-refractivity contribution in [3.8, 4) is 22.9 Å². The molecule has 0 aliphatic carbocycles. The minimum absolute atomic E-state index is 0.0185. The highest BCUT2D eigenvalue weighted by Gasteiger charge is 2.16. The van der Waals surface area contributed by atoms with Crippen LogP contribution >= 0.6 is 27.7 Å². The number of aromatic nitrogens is 3. The van der Waals surface area contributed by atoms with Gasteiger partial charge in [0, 0.05) is 11.5 Å². The van der Waals surface area contributed by atoms with E-state index in [4.69, 9.17) is 0 Å². The summed E-state index contributed by atoms with van der Waals surface area (Å²) in [5.41, 5.74) is 1.85. The molecular formula is C18H17BrN4O3S. The van der Waals surface area contributed by atoms with Crippen LogP contribution in [0.3, 0.4) is 0 Å². The molecule has 1 heterocycles. The Hall–Kier alpha value is -2.52. The van der Waals surface area contributed by atoms with E-state index in [0.29, 0.717) is 22.2 Å². The Bertz CT molecular complexity index is 1010. The lowest BCUT2D eigenvalue weighted by Crippen LogP contribution is -2.14. The van der Waals surface area contributed by atoms with E-state index in [1.807, 2.05) is 6.92 Å². The van der Waals surface area contributed by atoms with Crippen LogP contribution in [0.4, 0.5) is 5.69 Å². The summed E-state index contributed by atoms with van der Waals surface area (Å²) in [6, 6.07) is 10.1. The second-order valence-electron chi connectivity index (χ2n) is 5.88. The Balaban J connectivity index is 1.70. The number of nitrogens with zero attached hydrogens (tertiary/aromatic N) is 3. The van der Waals surface area contributed by atoms with E-state index in [0.717, 1.165) is 10.0 Å². The van der Waals surface area contributed by atoms with Crippen molar-refractivity contribution in [2.24, 2.45) is 7.05 Å². The zero-order valence-electron chi connectivity index (χ0n) is 14.6. The maximum atomic E-state index is 12.2. The molecule has 27 heavy (non-hydrogen) atoms. The standard InChI is InChI=1S/C18H17BrN4O3S/c1-10-3-5-15(25)13(7-10)20-16(26)9-27-18-22-21-17(23(18)2)12-8-11(19)4-6-14(12)24/h3-8,24-25H,9H2,1-2H3,(H,20,26). The van der Waals surface area contributed by atoms with Crippen LogP contribution in [0.15, 0.2) is 46.0 Å². The van der Waals surface area contributed by atoms with Crippen molar-refractivity contribution in [3.05, 3.63) is 46.4 Å². The molecule has 0 atom stereocenters. The average molecular weight is 449 g/mol. The number of amides is 1. The molecule has 0 aliphatic heterocycles. The summed E-state index contributed by atoms with van der Waals surface area (Å²) in [4.78, 5) is 12.2. The molecule has 0 fully saturated rings. The third kappa shape index (κ3) is 4.42. The molecule has 140 valence electrons. The molecular weight excluding hydrogens is 432 g/mol. The molecule has 7 nitrogen and oxygen atoms in total. The fourth-order valence-corrected chi connectivity index (χ4v) is 3.50. The number of halogens is 1. The number of hydrogen-bond acceptors (Lipinski definition) is 6. The molecule has 0 unspecified atom stereocenters. The number of aryl methyl sites for hydroxylation is 1. The first-order valence-corrected chi connectivity index (χ1v) is 9.73. The number of carbonyl (C=O) groups is 1. The van der Waals surface area contributed by atoms with E-state index < -0.39 is 0 Å². The maximum absolute atomic E-state index is 12.2. The van der Waals surface area contributed by atoms with Gasteiger partial charge >= 0.3 is 0 Å². The van der Waals surface area contributed by atoms with Crippen LogP contribution in [-0.4, -0.2) is 36.6 Å². The van der Waals surface area contributed by atoms with Gasteiger partial charge in [0.2, 0.25) is 5.91 Å². The minimum Gasteiger partial charge on any atom is -0.507 e. The van der Waals surface area contributed by atoms with Crippen molar-refractivity contribution in [1.82, 2.24) is 14.8 Å². The summed E-state index contributed by atoms with van der Waals surface area (Å²) in [5, 5.41) is 31.3. The van der Waals surface area contributed by atoms with E-state index in [1.54, 1.807) is 41.9 Å². The van der Waals surface area contributed by atoms with Gasteiger partial charge in [-0.1, -0.05) is 33.8 Å². The Morgan fingerprint density at radius 3 is 2.70 bits per heavy atom. The lowest BCUT2D eigenvalue weighted by molar-refractivity contribution is -0.113. The fraction of sp³-hybridized carbons (Fsp3) is 0.167. The maximum Gasteiger partial charge on any atom is 0.234 e. The molecule has 1 amide bonds. The zero-order valence-corrected chi connectivity index (χ0v) is 17.0. The van der Waals surface area contributed by atoms with Crippen LogP contribution in [0.25, 0.3) is 11.4 Å². The Kier molecular flexibility index (Phi) is 5.71. The van der Waals surface area contributed by atoms with Crippen LogP contribution in [0.1, 0.15) is 5.56 Å². The number of phenolic OH excluding ortho intramolecular Hbond substituents is 2. The van der Waals surface area contributed by atoms with E-state index in [9.17, 15) is 15.0 Å². The number of thioether (sulfide) groups is 1. The molecule has 0 bridgehead atoms. The highest BCUT2D eigenvalue weighted by Crippen LogP contribution is 2.32. The van der Waals surface area contributed by atoms with Crippen molar-refractivity contribution in [3.63, 3.8) is 0 Å². The Labute approximate surface area is 168 Å². The van der Waals surface area contributed by atoms with Crippen molar-refractivity contribution >= 4 is 39.3 Å². The smallest absolute Gasteiger partial charge is 0.234 e. The highest BCUT2D eigenvalue weighted by atomic mass is 79.9. The molecule has 3 N–H and O–H groups in total. The summed E-state index contributed by atoms with van der Waals surface area (Å²) < 4.78 is 2.52. The molecule has 0 saturated heterocycles. The normalized spacial score (nSPS) is 10.8. The molecule has 2 aromatic carbocycles. The van der Waals surface area contributed by atoms with E-state index in [1.165, 1.54) is 17.8 Å². The topological polar surface area (TPSA) is 100 Å². The third-order valence-corrected chi connectivity index (χ3v) is 5.31. The van der Waals surface area contributed by atoms with Gasteiger partial charge in [-0.05, 0) is 42.8 Å². The molecule has 0 spiro atoms. The first kappa shape index (κ1) is 19.2. The first-order valence-electron chi connectivity index (χ1n) is 7.95. The number of rotatable bonds is 5. The second kappa shape index (κ2) is 8.01. The number of aromatic hydroxyl groups is 2. The van der Waals surface area contributed by atoms with Gasteiger partial charge in [-0.25, -0.2) is 0 Å². The van der Waals surface area contributed by atoms with Crippen molar-refractivity contribution in [2.45, 2.75) is 12.1 Å². The van der Waals surface area contributed by atoms with Gasteiger partial charge in [0.1, 0.15) is 11.5 Å². The third-order valence-electron chi connectivity index (χ3n) is 3.79. The summed E-state index contributed by atoms with van der Waals surface area (Å²) in [5.74, 6) is 0.441. The Morgan fingerprint density at radius 2 is 1.93 bits per heavy atom. The van der Waals surface area contributed by atoms with Gasteiger partial charge in [-0.15, -0.1) is 10.2 Å². The van der Waals surface area contributed by atoms with Crippen LogP contribution in [0, 0.1) is 6.92 Å². The minimum atomic E-state index is -0.268. The van der Waals surface area contributed by atoms with Gasteiger partial charge in [0.25, 0.3) is 0 Å². The molecule has 1 aromatic heterocycles. The van der Waals surface area contributed by atoms with E-state index >= 15 is 0 Å². The van der Waals surface area contributed by atoms with Crippen LogP contribution < -0.4 is 5.32 Å². The van der Waals surface area contributed by atoms with Gasteiger partial charge in [0.05, 0.1) is 17.0 Å². The summed E-state index contributed by atoms with van der Waals surface area (Å²) in [7, 11) is 1.77. The predicted octanol–water partition coefficient (Wildman–Crippen LogP) is 3.70. The summed E-state index contributed by atoms with van der Waals surface area (Å²) in [6.45, 7) is 1.88. The quantitative estimate of drug-likeness (QED) is 0.406. The van der Waals surface area contributed by atoms with Crippen LogP contribution in [-0.2, 0) is 11.8 Å². The number of anilines is 1. The first-order chi connectivity index (χ1) is 12.8. The molecule has 3 rings (SSSR count). The van der Waals surface area contributed by atoms with E-state index in [-0.39, 0.29) is 23.2 Å². The van der Waals surface area contributed by atoms with Crippen molar-refractivity contribution in [2.75, 3.05) is 11.1 Å². The van der Waals surface area contributed by atoms with Crippen LogP contribution in [0.2, 0.25) is 0 Å². The van der Waals surface area contributed by atoms with Crippen molar-refractivity contribution < 1.29 is 15.0 Å². The average Bonchev–Trinajstić information content (AvgIpc) is 2.99. The number of carbonyl (C=O) groups excluding carboxylic acids is 1. The SMILES string of the molecule is Cc1ccc(O)c(NC(=O)CSc2nnc(-c3cc(Br)ccc3O)n2C)c1. The molecule has 3 aromatic rings. The van der Waals surface area contributed by atoms with Gasteiger partial charge in [0.15, 0.2) is 11.0 Å². The van der Waals surface area contributed by atoms with Gasteiger partial charge in [-0.2, -0.15) is 0 Å². The van der Waals surface area contributed by atoms with Crippen molar-refractivity contribution in [1.29, 1.82) is 0 Å². The summed E-state index contributed by atoms with van der Waals surface area (Å²) >= 11 is 4.58. The molecule has 0 aliphatic rings. The highest BCUT2D eigenvalue weighted by molar-refractivity contribution is 9.10. The number of hydrogen-bond donors (Lipinski definition) is 3. The van der Waals surface area contributed by atoms with E-state index in [2.05, 4.69) is 31.4 Å². The van der Waals surface area contributed by atoms with Crippen LogP contribution in [0.5, 0.6) is 11.5 Å². The second-order valence-corrected chi connectivity index (χ2v) is 7.74. The number of phenols is 2. The predicted molar refractivity (Wildman–Crippen MR) is 108 cm³/mol. The number of nitrogens with one attached hydrogen (secondary N) is 1. The van der Waals surface area contributed by atoms with Gasteiger partial charge < -0.3 is 20.1 Å². The lowest BCUT2D eigenvalue weighted by Gasteiger charge is -2.08. The fourth-order valence-electron chi connectivity index (χ4n) is 2.43. The largest absolute Gasteiger partial charge is 0.507 e. The monoisotopic (exact) mass is 448 g/mol. The van der Waals surface area contributed by atoms with Gasteiger partial charge in [-0.3, -0.25) is 4.79 Å². The molecule has 0 saturated carbocycles. The molecule has 9 heteroatoms. The lowest BCUT2D eigenvalue weighted by atomic mass is 10.2. The molecule has 0 radical (unpaired) electrons. The summed E-state index contributed by atoms with van der Waals surface area (Å²) in [6.07, 6.45) is 0.